The molecule has 0 radical (unpaired) electrons. The lowest BCUT2D eigenvalue weighted by Crippen LogP contribution is -2.45. The summed E-state index contributed by atoms with van der Waals surface area (Å²) in [5, 5.41) is 6.38. The molecule has 5 nitrogen and oxygen atoms in total. The van der Waals surface area contributed by atoms with E-state index >= 15 is 0 Å². The fourth-order valence-corrected chi connectivity index (χ4v) is 2.61. The van der Waals surface area contributed by atoms with Gasteiger partial charge in [-0.15, -0.1) is 0 Å². The van der Waals surface area contributed by atoms with E-state index in [1.165, 1.54) is 0 Å². The largest absolute Gasteiger partial charge is 0.384 e. The first-order chi connectivity index (χ1) is 10.0. The lowest BCUT2D eigenvalue weighted by atomic mass is 9.94. The van der Waals surface area contributed by atoms with Crippen molar-refractivity contribution in [2.45, 2.75) is 51.7 Å². The van der Waals surface area contributed by atoms with Crippen molar-refractivity contribution in [3.8, 4) is 0 Å². The summed E-state index contributed by atoms with van der Waals surface area (Å²) < 4.78 is 5.68. The molecule has 116 valence electrons. The molecule has 1 atom stereocenters. The summed E-state index contributed by atoms with van der Waals surface area (Å²) in [6.07, 6.45) is 6.02. The molecular formula is C16H25N3O2. The first kappa shape index (κ1) is 15.8. The standard InChI is InChI=1S/C16H25N3O2/c1-4-7-18-14-5-8-17-11-13(14)15(20)19-12-6-9-21-16(2,3)10-12/h5,8,11-12H,4,6-7,9-10H2,1-3H3,(H,17,18)(H,19,20). The summed E-state index contributed by atoms with van der Waals surface area (Å²) in [4.78, 5) is 16.5. The van der Waals surface area contributed by atoms with E-state index < -0.39 is 0 Å². The van der Waals surface area contributed by atoms with Crippen molar-refractivity contribution in [1.29, 1.82) is 0 Å². The minimum atomic E-state index is -0.172. The second-order valence-corrected chi connectivity index (χ2v) is 6.12. The number of nitrogens with one attached hydrogen (secondary N) is 2. The fourth-order valence-electron chi connectivity index (χ4n) is 2.61. The quantitative estimate of drug-likeness (QED) is 0.875. The summed E-state index contributed by atoms with van der Waals surface area (Å²) in [6, 6.07) is 2.00. The number of pyridine rings is 1. The molecule has 1 aliphatic heterocycles. The third kappa shape index (κ3) is 4.43. The number of rotatable bonds is 5. The number of carbonyl (C=O) groups excluding carboxylic acids is 1. The van der Waals surface area contributed by atoms with Crippen molar-refractivity contribution in [1.82, 2.24) is 10.3 Å². The lowest BCUT2D eigenvalue weighted by molar-refractivity contribution is -0.0615. The number of anilines is 1. The van der Waals surface area contributed by atoms with E-state index in [0.717, 1.165) is 31.5 Å². The van der Waals surface area contributed by atoms with Crippen LogP contribution < -0.4 is 10.6 Å². The summed E-state index contributed by atoms with van der Waals surface area (Å²) in [7, 11) is 0. The van der Waals surface area contributed by atoms with E-state index in [1.807, 2.05) is 6.07 Å². The Balaban J connectivity index is 2.03. The van der Waals surface area contributed by atoms with Crippen LogP contribution in [-0.2, 0) is 4.74 Å². The number of aromatic nitrogens is 1. The SMILES string of the molecule is CCCNc1ccncc1C(=O)NC1CCOC(C)(C)C1. The molecule has 5 heteroatoms. The molecule has 0 spiro atoms. The third-order valence-electron chi connectivity index (χ3n) is 3.66. The van der Waals surface area contributed by atoms with Gasteiger partial charge >= 0.3 is 0 Å². The van der Waals surface area contributed by atoms with Gasteiger partial charge in [-0.05, 0) is 39.2 Å². The Kier molecular flexibility index (Phi) is 5.17. The van der Waals surface area contributed by atoms with Crippen molar-refractivity contribution in [3.05, 3.63) is 24.0 Å². The topological polar surface area (TPSA) is 63.2 Å². The van der Waals surface area contributed by atoms with E-state index in [4.69, 9.17) is 4.74 Å². The maximum absolute atomic E-state index is 12.5. The Labute approximate surface area is 126 Å². The Bertz CT molecular complexity index is 488. The number of ether oxygens (including phenoxy) is 1. The van der Waals surface area contributed by atoms with Crippen LogP contribution in [0.15, 0.2) is 18.5 Å². The van der Waals surface area contributed by atoms with E-state index in [0.29, 0.717) is 12.2 Å². The highest BCUT2D eigenvalue weighted by molar-refractivity contribution is 5.99. The van der Waals surface area contributed by atoms with Crippen molar-refractivity contribution in [2.75, 3.05) is 18.5 Å². The van der Waals surface area contributed by atoms with Gasteiger partial charge in [0, 0.05) is 31.6 Å². The molecule has 1 amide bonds. The van der Waals surface area contributed by atoms with Gasteiger partial charge in [0.25, 0.3) is 5.91 Å². The summed E-state index contributed by atoms with van der Waals surface area (Å²) in [5.41, 5.74) is 1.28. The summed E-state index contributed by atoms with van der Waals surface area (Å²) in [5.74, 6) is -0.0654. The van der Waals surface area contributed by atoms with Gasteiger partial charge in [-0.3, -0.25) is 9.78 Å². The molecule has 0 saturated carbocycles. The van der Waals surface area contributed by atoms with Crippen LogP contribution in [0, 0.1) is 0 Å². The van der Waals surface area contributed by atoms with Crippen LogP contribution in [0.2, 0.25) is 0 Å². The molecular weight excluding hydrogens is 266 g/mol. The van der Waals surface area contributed by atoms with Crippen LogP contribution in [0.5, 0.6) is 0 Å². The van der Waals surface area contributed by atoms with E-state index in [-0.39, 0.29) is 17.6 Å². The van der Waals surface area contributed by atoms with Crippen LogP contribution >= 0.6 is 0 Å². The van der Waals surface area contributed by atoms with E-state index in [2.05, 4.69) is 36.4 Å². The van der Waals surface area contributed by atoms with E-state index in [1.54, 1.807) is 12.4 Å². The number of hydrogen-bond donors (Lipinski definition) is 2. The predicted molar refractivity (Wildman–Crippen MR) is 83.5 cm³/mol. The fraction of sp³-hybridized carbons (Fsp3) is 0.625. The van der Waals surface area contributed by atoms with Gasteiger partial charge in [-0.25, -0.2) is 0 Å². The van der Waals surface area contributed by atoms with Crippen LogP contribution in [0.25, 0.3) is 0 Å². The van der Waals surface area contributed by atoms with Crippen molar-refractivity contribution in [2.24, 2.45) is 0 Å². The zero-order valence-electron chi connectivity index (χ0n) is 13.1. The minimum absolute atomic E-state index is 0.0654. The number of carbonyl (C=O) groups is 1. The van der Waals surface area contributed by atoms with Crippen LogP contribution in [-0.4, -0.2) is 35.7 Å². The van der Waals surface area contributed by atoms with Gasteiger partial charge < -0.3 is 15.4 Å². The normalized spacial score (nSPS) is 20.8. The van der Waals surface area contributed by atoms with Crippen LogP contribution in [0.3, 0.4) is 0 Å². The van der Waals surface area contributed by atoms with E-state index in [9.17, 15) is 4.79 Å². The maximum Gasteiger partial charge on any atom is 0.255 e. The molecule has 1 fully saturated rings. The molecule has 21 heavy (non-hydrogen) atoms. The average Bonchev–Trinajstić information content (AvgIpc) is 2.44. The molecule has 2 N–H and O–H groups in total. The summed E-state index contributed by atoms with van der Waals surface area (Å²) in [6.45, 7) is 7.74. The zero-order chi connectivity index (χ0) is 15.3. The van der Waals surface area contributed by atoms with Crippen molar-refractivity contribution < 1.29 is 9.53 Å². The molecule has 1 aromatic heterocycles. The van der Waals surface area contributed by atoms with Crippen molar-refractivity contribution >= 4 is 11.6 Å². The highest BCUT2D eigenvalue weighted by atomic mass is 16.5. The highest BCUT2D eigenvalue weighted by Gasteiger charge is 2.30. The molecule has 2 heterocycles. The second kappa shape index (κ2) is 6.89. The van der Waals surface area contributed by atoms with Crippen molar-refractivity contribution in [3.63, 3.8) is 0 Å². The Morgan fingerprint density at radius 3 is 3.05 bits per heavy atom. The predicted octanol–water partition coefficient (Wildman–Crippen LogP) is 2.59. The lowest BCUT2D eigenvalue weighted by Gasteiger charge is -2.35. The molecule has 1 unspecified atom stereocenters. The number of amides is 1. The minimum Gasteiger partial charge on any atom is -0.384 e. The highest BCUT2D eigenvalue weighted by Crippen LogP contribution is 2.24. The molecule has 2 rings (SSSR count). The molecule has 0 bridgehead atoms. The Morgan fingerprint density at radius 1 is 1.52 bits per heavy atom. The molecule has 1 aromatic rings. The first-order valence-electron chi connectivity index (χ1n) is 7.64. The second-order valence-electron chi connectivity index (χ2n) is 6.12. The van der Waals surface area contributed by atoms with Gasteiger partial charge in [0.05, 0.1) is 16.9 Å². The molecule has 1 aliphatic rings. The van der Waals surface area contributed by atoms with Gasteiger partial charge in [-0.2, -0.15) is 0 Å². The monoisotopic (exact) mass is 291 g/mol. The zero-order valence-corrected chi connectivity index (χ0v) is 13.1. The Morgan fingerprint density at radius 2 is 2.33 bits per heavy atom. The van der Waals surface area contributed by atoms with Gasteiger partial charge in [0.15, 0.2) is 0 Å². The van der Waals surface area contributed by atoms with Crippen LogP contribution in [0.4, 0.5) is 5.69 Å². The van der Waals surface area contributed by atoms with Gasteiger partial charge in [0.2, 0.25) is 0 Å². The Hall–Kier alpha value is -1.62. The number of hydrogen-bond acceptors (Lipinski definition) is 4. The first-order valence-corrected chi connectivity index (χ1v) is 7.64. The number of nitrogens with zero attached hydrogens (tertiary/aromatic N) is 1. The molecule has 1 saturated heterocycles. The summed E-state index contributed by atoms with van der Waals surface area (Å²) >= 11 is 0. The maximum atomic E-state index is 12.5. The van der Waals surface area contributed by atoms with Gasteiger partial charge in [-0.1, -0.05) is 6.92 Å². The van der Waals surface area contributed by atoms with Crippen LogP contribution in [0.1, 0.15) is 50.4 Å². The smallest absolute Gasteiger partial charge is 0.255 e. The average molecular weight is 291 g/mol. The van der Waals surface area contributed by atoms with Gasteiger partial charge in [0.1, 0.15) is 0 Å². The molecule has 0 aliphatic carbocycles. The molecule has 0 aromatic carbocycles. The third-order valence-corrected chi connectivity index (χ3v) is 3.66.